The third kappa shape index (κ3) is 4.20. The van der Waals surface area contributed by atoms with Crippen LogP contribution in [0.4, 0.5) is 0 Å². The number of aromatic hydroxyl groups is 2. The van der Waals surface area contributed by atoms with E-state index in [4.69, 9.17) is 14.2 Å². The van der Waals surface area contributed by atoms with Gasteiger partial charge in [-0.3, -0.25) is 14.4 Å². The number of nitrogens with one attached hydrogen (secondary N) is 1. The number of fused-ring (bicyclic) bond motifs is 3. The van der Waals surface area contributed by atoms with Crippen molar-refractivity contribution in [2.45, 2.75) is 75.3 Å². The largest absolute Gasteiger partial charge is 0.507 e. The molecule has 3 aliphatic rings. The molecule has 1 aliphatic heterocycles. The van der Waals surface area contributed by atoms with Crippen molar-refractivity contribution < 1.29 is 49.0 Å². The summed E-state index contributed by atoms with van der Waals surface area (Å²) < 4.78 is 17.2. The van der Waals surface area contributed by atoms with E-state index in [1.807, 2.05) is 0 Å². The lowest BCUT2D eigenvalue weighted by Crippen LogP contribution is -2.53. The van der Waals surface area contributed by atoms with E-state index in [9.17, 15) is 34.8 Å². The third-order valence-electron chi connectivity index (χ3n) is 8.51. The second-order valence-electron chi connectivity index (χ2n) is 10.6. The molecule has 0 bridgehead atoms. The van der Waals surface area contributed by atoms with Crippen molar-refractivity contribution in [1.82, 2.24) is 5.32 Å². The highest BCUT2D eigenvalue weighted by Crippen LogP contribution is 2.53. The molecule has 40 heavy (non-hydrogen) atoms. The average molecular weight is 556 g/mol. The van der Waals surface area contributed by atoms with Crippen LogP contribution in [0.3, 0.4) is 0 Å². The van der Waals surface area contributed by atoms with E-state index >= 15 is 0 Å². The number of likely N-dealkylation sites (N-methyl/N-ethyl adjacent to an activating group) is 1. The summed E-state index contributed by atoms with van der Waals surface area (Å²) in [5, 5.41) is 47.2. The Kier molecular flexibility index (Phi) is 7.22. The maximum absolute atomic E-state index is 13.6. The van der Waals surface area contributed by atoms with E-state index in [1.54, 1.807) is 20.9 Å². The van der Waals surface area contributed by atoms with Crippen molar-refractivity contribution in [3.63, 3.8) is 0 Å². The molecule has 2 aromatic carbocycles. The molecule has 1 heterocycles. The number of rotatable bonds is 5. The molecule has 2 aliphatic carbocycles. The molecule has 0 unspecified atom stereocenters. The fraction of sp³-hybridized carbons (Fsp3) is 0.483. The number of hydrogen-bond donors (Lipinski definition) is 5. The smallest absolute Gasteiger partial charge is 0.316 e. The highest BCUT2D eigenvalue weighted by Gasteiger charge is 2.53. The van der Waals surface area contributed by atoms with E-state index in [0.29, 0.717) is 0 Å². The predicted octanol–water partition coefficient (Wildman–Crippen LogP) is 1.82. The van der Waals surface area contributed by atoms with Gasteiger partial charge in [-0.15, -0.1) is 0 Å². The Morgan fingerprint density at radius 3 is 2.55 bits per heavy atom. The summed E-state index contributed by atoms with van der Waals surface area (Å²) in [5.41, 5.74) is -2.29. The van der Waals surface area contributed by atoms with Crippen LogP contribution in [0.2, 0.25) is 0 Å². The van der Waals surface area contributed by atoms with Crippen molar-refractivity contribution in [2.24, 2.45) is 0 Å². The van der Waals surface area contributed by atoms with Crippen LogP contribution in [0.1, 0.15) is 88.1 Å². The zero-order chi connectivity index (χ0) is 29.1. The number of hydrogen-bond acceptors (Lipinski definition) is 11. The van der Waals surface area contributed by atoms with Crippen LogP contribution in [0.5, 0.6) is 11.5 Å². The average Bonchev–Trinajstić information content (AvgIpc) is 2.92. The fourth-order valence-corrected chi connectivity index (χ4v) is 6.30. The van der Waals surface area contributed by atoms with Crippen LogP contribution in [-0.4, -0.2) is 82.3 Å². The number of carbonyl (C=O) groups excluding carboxylic acids is 3. The maximum Gasteiger partial charge on any atom is 0.316 e. The molecule has 0 spiro atoms. The highest BCUT2D eigenvalue weighted by molar-refractivity contribution is 6.30. The number of phenolic OH excluding ortho intramolecular Hbond substituents is 2. The fourth-order valence-electron chi connectivity index (χ4n) is 6.30. The number of ether oxygens (including phenoxy) is 3. The molecule has 11 nitrogen and oxygen atoms in total. The van der Waals surface area contributed by atoms with Crippen molar-refractivity contribution in [3.8, 4) is 11.5 Å². The summed E-state index contributed by atoms with van der Waals surface area (Å²) in [6, 6.07) is 5.08. The van der Waals surface area contributed by atoms with Gasteiger partial charge in [-0.25, -0.2) is 0 Å². The summed E-state index contributed by atoms with van der Waals surface area (Å²) in [6.07, 6.45) is -3.14. The van der Waals surface area contributed by atoms with Gasteiger partial charge in [0.1, 0.15) is 17.4 Å². The first-order valence-electron chi connectivity index (χ1n) is 13.2. The minimum atomic E-state index is -1.69. The first-order chi connectivity index (χ1) is 19.0. The van der Waals surface area contributed by atoms with Gasteiger partial charge in [-0.1, -0.05) is 19.1 Å². The number of aliphatic hydroxyl groups is 2. The summed E-state index contributed by atoms with van der Waals surface area (Å²) in [5.74, 6) is -4.43. The Balaban J connectivity index is 1.70. The third-order valence-corrected chi connectivity index (χ3v) is 8.51. The highest BCUT2D eigenvalue weighted by atomic mass is 16.7. The van der Waals surface area contributed by atoms with E-state index < -0.39 is 65.2 Å². The number of methoxy groups -OCH3 is 1. The first-order valence-corrected chi connectivity index (χ1v) is 13.2. The molecule has 1 saturated heterocycles. The van der Waals surface area contributed by atoms with Gasteiger partial charge in [0, 0.05) is 35.6 Å². The van der Waals surface area contributed by atoms with Crippen LogP contribution in [0, 0.1) is 0 Å². The number of phenols is 2. The topological polar surface area (TPSA) is 172 Å². The lowest BCUT2D eigenvalue weighted by atomic mass is 9.67. The van der Waals surface area contributed by atoms with E-state index in [0.717, 1.165) is 0 Å². The van der Waals surface area contributed by atoms with Crippen LogP contribution in [0.15, 0.2) is 24.3 Å². The second kappa shape index (κ2) is 10.2. The molecule has 5 N–H and O–H groups in total. The van der Waals surface area contributed by atoms with E-state index in [2.05, 4.69) is 5.32 Å². The molecule has 1 fully saturated rings. The number of esters is 1. The van der Waals surface area contributed by atoms with Gasteiger partial charge < -0.3 is 40.0 Å². The lowest BCUT2D eigenvalue weighted by molar-refractivity contribution is -0.251. The Bertz CT molecular complexity index is 1390. The Hall–Kier alpha value is -3.35. The molecule has 214 valence electrons. The van der Waals surface area contributed by atoms with Gasteiger partial charge in [0.25, 0.3) is 0 Å². The molecule has 2 aromatic rings. The summed E-state index contributed by atoms with van der Waals surface area (Å²) in [6.45, 7) is 3.38. The number of benzene rings is 2. The Morgan fingerprint density at radius 2 is 1.90 bits per heavy atom. The van der Waals surface area contributed by atoms with Crippen molar-refractivity contribution in [2.75, 3.05) is 14.2 Å². The minimum Gasteiger partial charge on any atom is -0.507 e. The monoisotopic (exact) mass is 555 g/mol. The lowest BCUT2D eigenvalue weighted by Gasteiger charge is -2.45. The van der Waals surface area contributed by atoms with E-state index in [-0.39, 0.29) is 58.7 Å². The van der Waals surface area contributed by atoms with Gasteiger partial charge in [0.05, 0.1) is 42.1 Å². The van der Waals surface area contributed by atoms with Crippen molar-refractivity contribution in [1.29, 1.82) is 0 Å². The molecular weight excluding hydrogens is 522 g/mol. The van der Waals surface area contributed by atoms with Crippen molar-refractivity contribution >= 4 is 17.5 Å². The quantitative estimate of drug-likeness (QED) is 0.291. The SMILES string of the molecule is CC[C@@]1(O)C[C@H](O[C@H]2C[C@H](NC)[C@H](O)[C@H](C)O2)c2c(cc3c(c2O)C(=O)c2c(O)cccc2C3=O)[C@H]1C(=O)OC. The van der Waals surface area contributed by atoms with Gasteiger partial charge >= 0.3 is 5.97 Å². The molecule has 0 radical (unpaired) electrons. The summed E-state index contributed by atoms with van der Waals surface area (Å²) >= 11 is 0. The molecule has 0 aromatic heterocycles. The van der Waals surface area contributed by atoms with Crippen LogP contribution in [0.25, 0.3) is 0 Å². The predicted molar refractivity (Wildman–Crippen MR) is 139 cm³/mol. The molecule has 0 amide bonds. The standard InChI is InChI=1S/C29H33NO10/c1-5-29(37)11-18(40-19-10-16(30-3)24(32)12(2)39-19)21-14(23(29)28(36)38-4)9-15-22(27(21)35)26(34)20-13(25(15)33)7-6-8-17(20)31/h6-9,12,16,18-19,23-24,30-32,35,37H,5,10-11H2,1-4H3/t12-,16-,18-,19-,23-,24+,29+/m0/s1. The second-order valence-corrected chi connectivity index (χ2v) is 10.6. The minimum absolute atomic E-state index is 0.0397. The van der Waals surface area contributed by atoms with Gasteiger partial charge in [-0.05, 0) is 38.1 Å². The van der Waals surface area contributed by atoms with E-state index in [1.165, 1.54) is 31.4 Å². The van der Waals surface area contributed by atoms with Gasteiger partial charge in [-0.2, -0.15) is 0 Å². The summed E-state index contributed by atoms with van der Waals surface area (Å²) in [7, 11) is 2.87. The van der Waals surface area contributed by atoms with Crippen LogP contribution >= 0.6 is 0 Å². The maximum atomic E-state index is 13.6. The number of carbonyl (C=O) groups is 3. The van der Waals surface area contributed by atoms with Crippen LogP contribution in [-0.2, 0) is 19.0 Å². The zero-order valence-corrected chi connectivity index (χ0v) is 22.6. The molecule has 11 heteroatoms. The van der Waals surface area contributed by atoms with Gasteiger partial charge in [0.15, 0.2) is 12.1 Å². The number of aliphatic hydroxyl groups excluding tert-OH is 1. The molecule has 5 rings (SSSR count). The first kappa shape index (κ1) is 28.2. The Morgan fingerprint density at radius 1 is 1.18 bits per heavy atom. The number of ketones is 2. The molecular formula is C29H33NO10. The zero-order valence-electron chi connectivity index (χ0n) is 22.6. The summed E-state index contributed by atoms with van der Waals surface area (Å²) in [4.78, 5) is 40.2. The van der Waals surface area contributed by atoms with Crippen LogP contribution < -0.4 is 5.32 Å². The molecule has 0 saturated carbocycles. The van der Waals surface area contributed by atoms with Gasteiger partial charge in [0.2, 0.25) is 5.78 Å². The Labute approximate surface area is 230 Å². The molecule has 7 atom stereocenters. The van der Waals surface area contributed by atoms with Crippen molar-refractivity contribution in [3.05, 3.63) is 57.6 Å². The normalized spacial score (nSPS) is 31.2.